The number of fused-ring (bicyclic) bond motifs is 1. The van der Waals surface area contributed by atoms with Gasteiger partial charge < -0.3 is 9.80 Å². The lowest BCUT2D eigenvalue weighted by molar-refractivity contribution is -0.133. The Hall–Kier alpha value is -3.25. The van der Waals surface area contributed by atoms with Crippen LogP contribution in [0.2, 0.25) is 0 Å². The van der Waals surface area contributed by atoms with Crippen molar-refractivity contribution in [3.63, 3.8) is 0 Å². The molecule has 2 aromatic carbocycles. The van der Waals surface area contributed by atoms with Crippen LogP contribution in [0.5, 0.6) is 0 Å². The van der Waals surface area contributed by atoms with Gasteiger partial charge in [-0.3, -0.25) is 9.59 Å². The Morgan fingerprint density at radius 1 is 1.11 bits per heavy atom. The van der Waals surface area contributed by atoms with Gasteiger partial charge in [-0.25, -0.2) is 4.39 Å². The van der Waals surface area contributed by atoms with Crippen molar-refractivity contribution in [2.45, 2.75) is 45.1 Å². The summed E-state index contributed by atoms with van der Waals surface area (Å²) >= 11 is 1.68. The highest BCUT2D eigenvalue weighted by Gasteiger charge is 2.34. The van der Waals surface area contributed by atoms with Crippen molar-refractivity contribution < 1.29 is 14.0 Å². The van der Waals surface area contributed by atoms with Gasteiger partial charge in [0.1, 0.15) is 12.4 Å². The van der Waals surface area contributed by atoms with Crippen molar-refractivity contribution in [1.29, 1.82) is 0 Å². The molecule has 0 spiro atoms. The fourth-order valence-corrected chi connectivity index (χ4v) is 5.70. The Kier molecular flexibility index (Phi) is 8.70. The second-order valence-electron chi connectivity index (χ2n) is 9.22. The lowest BCUT2D eigenvalue weighted by Gasteiger charge is -2.37. The summed E-state index contributed by atoms with van der Waals surface area (Å²) in [5, 5.41) is 2.04. The quantitative estimate of drug-likeness (QED) is 0.236. The molecule has 0 fully saturated rings. The number of carbonyl (C=O) groups excluding carboxylic acids is 2. The van der Waals surface area contributed by atoms with Crippen LogP contribution in [0, 0.1) is 5.82 Å². The number of nitrogens with zero attached hydrogens (tertiary/aromatic N) is 2. The molecule has 0 bridgehead atoms. The van der Waals surface area contributed by atoms with Gasteiger partial charge in [0.15, 0.2) is 0 Å². The van der Waals surface area contributed by atoms with E-state index in [0.717, 1.165) is 30.4 Å². The molecule has 0 saturated heterocycles. The van der Waals surface area contributed by atoms with E-state index in [-0.39, 0.29) is 36.8 Å². The molecular weight excluding hydrogens is 471 g/mol. The SMILES string of the molecule is C=CCN(CC(=O)N1CCc2sccc2C1c1ccc(F)cc1)C(=O)c1ccc(CCCCC)cc1. The lowest BCUT2D eigenvalue weighted by Crippen LogP contribution is -2.46. The lowest BCUT2D eigenvalue weighted by atomic mass is 9.93. The topological polar surface area (TPSA) is 40.6 Å². The third kappa shape index (κ3) is 5.93. The van der Waals surface area contributed by atoms with Gasteiger partial charge in [-0.05, 0) is 71.7 Å². The minimum atomic E-state index is -0.308. The Morgan fingerprint density at radius 2 is 1.86 bits per heavy atom. The number of aryl methyl sites for hydroxylation is 1. The van der Waals surface area contributed by atoms with Crippen LogP contribution in [0.3, 0.4) is 0 Å². The Labute approximate surface area is 217 Å². The highest BCUT2D eigenvalue weighted by atomic mass is 32.1. The Morgan fingerprint density at radius 3 is 2.56 bits per heavy atom. The number of carbonyl (C=O) groups is 2. The molecule has 6 heteroatoms. The zero-order chi connectivity index (χ0) is 25.5. The molecular formula is C30H33FN2O2S. The maximum Gasteiger partial charge on any atom is 0.254 e. The number of hydrogen-bond acceptors (Lipinski definition) is 3. The molecule has 1 unspecified atom stereocenters. The van der Waals surface area contributed by atoms with E-state index in [1.54, 1.807) is 34.4 Å². The summed E-state index contributed by atoms with van der Waals surface area (Å²) in [6.45, 7) is 6.77. The molecule has 2 heterocycles. The van der Waals surface area contributed by atoms with E-state index < -0.39 is 0 Å². The van der Waals surface area contributed by atoms with Gasteiger partial charge in [-0.1, -0.05) is 50.1 Å². The van der Waals surface area contributed by atoms with Gasteiger partial charge >= 0.3 is 0 Å². The largest absolute Gasteiger partial charge is 0.330 e. The van der Waals surface area contributed by atoms with E-state index in [9.17, 15) is 14.0 Å². The van der Waals surface area contributed by atoms with Crippen molar-refractivity contribution in [2.75, 3.05) is 19.6 Å². The molecule has 1 atom stereocenters. The van der Waals surface area contributed by atoms with E-state index in [0.29, 0.717) is 12.1 Å². The minimum absolute atomic E-state index is 0.0414. The Balaban J connectivity index is 1.52. The highest BCUT2D eigenvalue weighted by Crippen LogP contribution is 2.38. The number of hydrogen-bond donors (Lipinski definition) is 0. The molecule has 0 aliphatic carbocycles. The van der Waals surface area contributed by atoms with Gasteiger partial charge in [0.2, 0.25) is 5.91 Å². The first-order valence-corrected chi connectivity index (χ1v) is 13.5. The van der Waals surface area contributed by atoms with Gasteiger partial charge in [0.25, 0.3) is 5.91 Å². The maximum absolute atomic E-state index is 13.6. The number of unbranched alkanes of at least 4 members (excludes halogenated alkanes) is 2. The molecule has 4 nitrogen and oxygen atoms in total. The number of thiophene rings is 1. The summed E-state index contributed by atoms with van der Waals surface area (Å²) < 4.78 is 13.6. The normalized spacial score (nSPS) is 14.8. The molecule has 3 aromatic rings. The van der Waals surface area contributed by atoms with Crippen molar-refractivity contribution in [3.05, 3.63) is 106 Å². The van der Waals surface area contributed by atoms with Gasteiger partial charge in [-0.15, -0.1) is 17.9 Å². The van der Waals surface area contributed by atoms with E-state index in [2.05, 4.69) is 13.5 Å². The van der Waals surface area contributed by atoms with Crippen molar-refractivity contribution in [2.24, 2.45) is 0 Å². The van der Waals surface area contributed by atoms with Gasteiger partial charge in [-0.2, -0.15) is 0 Å². The van der Waals surface area contributed by atoms with Crippen LogP contribution in [0.4, 0.5) is 4.39 Å². The summed E-state index contributed by atoms with van der Waals surface area (Å²) in [7, 11) is 0. The Bertz CT molecular complexity index is 1190. The third-order valence-corrected chi connectivity index (χ3v) is 7.70. The second kappa shape index (κ2) is 12.1. The standard InChI is InChI=1S/C30H33FN2O2S/c1-3-5-6-7-22-8-10-24(11-9-22)30(35)32(18-4-2)21-28(34)33-19-16-27-26(17-20-36-27)29(33)23-12-14-25(31)15-13-23/h4,8-15,17,20,29H,2-3,5-7,16,18-19,21H2,1H3. The van der Waals surface area contributed by atoms with Crippen LogP contribution in [-0.2, 0) is 17.6 Å². The van der Waals surface area contributed by atoms with E-state index in [1.165, 1.54) is 35.4 Å². The fraction of sp³-hybridized carbons (Fsp3) is 0.333. The summed E-state index contributed by atoms with van der Waals surface area (Å²) in [4.78, 5) is 31.6. The first-order chi connectivity index (χ1) is 17.5. The number of halogens is 1. The molecule has 0 radical (unpaired) electrons. The smallest absolute Gasteiger partial charge is 0.254 e. The maximum atomic E-state index is 13.6. The molecule has 1 aromatic heterocycles. The van der Waals surface area contributed by atoms with Crippen LogP contribution >= 0.6 is 11.3 Å². The van der Waals surface area contributed by atoms with Crippen LogP contribution in [0.15, 0.2) is 72.6 Å². The zero-order valence-electron chi connectivity index (χ0n) is 20.8. The number of rotatable bonds is 10. The first-order valence-electron chi connectivity index (χ1n) is 12.6. The van der Waals surface area contributed by atoms with Crippen LogP contribution in [0.25, 0.3) is 0 Å². The summed E-state index contributed by atoms with van der Waals surface area (Å²) in [5.41, 5.74) is 3.72. The molecule has 0 saturated carbocycles. The second-order valence-corrected chi connectivity index (χ2v) is 10.2. The highest BCUT2D eigenvalue weighted by molar-refractivity contribution is 7.10. The number of benzene rings is 2. The fourth-order valence-electron chi connectivity index (χ4n) is 4.79. The molecule has 188 valence electrons. The predicted molar refractivity (Wildman–Crippen MR) is 144 cm³/mol. The van der Waals surface area contributed by atoms with E-state index in [1.807, 2.05) is 40.6 Å². The van der Waals surface area contributed by atoms with Gasteiger partial charge in [0.05, 0.1) is 6.04 Å². The molecule has 4 rings (SSSR count). The monoisotopic (exact) mass is 504 g/mol. The predicted octanol–water partition coefficient (Wildman–Crippen LogP) is 6.42. The average Bonchev–Trinajstić information content (AvgIpc) is 3.37. The molecule has 1 aliphatic heterocycles. The van der Waals surface area contributed by atoms with Crippen LogP contribution < -0.4 is 0 Å². The molecule has 2 amide bonds. The first kappa shape index (κ1) is 25.8. The number of amides is 2. The zero-order valence-corrected chi connectivity index (χ0v) is 21.6. The van der Waals surface area contributed by atoms with Gasteiger partial charge in [0, 0.05) is 23.5 Å². The van der Waals surface area contributed by atoms with Crippen molar-refractivity contribution in [3.8, 4) is 0 Å². The summed E-state index contributed by atoms with van der Waals surface area (Å²) in [6.07, 6.45) is 6.92. The molecule has 1 aliphatic rings. The van der Waals surface area contributed by atoms with Crippen molar-refractivity contribution in [1.82, 2.24) is 9.80 Å². The van der Waals surface area contributed by atoms with Crippen LogP contribution in [0.1, 0.15) is 64.2 Å². The minimum Gasteiger partial charge on any atom is -0.330 e. The average molecular weight is 505 g/mol. The summed E-state index contributed by atoms with van der Waals surface area (Å²) in [5.74, 6) is -0.625. The van der Waals surface area contributed by atoms with Crippen LogP contribution in [-0.4, -0.2) is 41.2 Å². The molecule has 0 N–H and O–H groups in total. The van der Waals surface area contributed by atoms with Crippen molar-refractivity contribution >= 4 is 23.2 Å². The van der Waals surface area contributed by atoms with E-state index in [4.69, 9.17) is 0 Å². The summed E-state index contributed by atoms with van der Waals surface area (Å²) in [6, 6.07) is 15.8. The molecule has 36 heavy (non-hydrogen) atoms. The van der Waals surface area contributed by atoms with E-state index >= 15 is 0 Å². The third-order valence-electron chi connectivity index (χ3n) is 6.70.